The third-order valence-corrected chi connectivity index (χ3v) is 3.56. The van der Waals surface area contributed by atoms with Crippen LogP contribution < -0.4 is 4.74 Å². The van der Waals surface area contributed by atoms with Gasteiger partial charge in [0.15, 0.2) is 6.61 Å². The third-order valence-electron chi connectivity index (χ3n) is 3.25. The smallest absolute Gasteiger partial charge is 0.260 e. The quantitative estimate of drug-likeness (QED) is 0.767. The van der Waals surface area contributed by atoms with Crippen LogP contribution >= 0.6 is 11.6 Å². The molecule has 1 amide bonds. The standard InChI is InChI=1S/C18H20ClNO2/c1-2-12-20(13-15-8-4-3-5-9-15)18(21)14-22-17-11-7-6-10-16(17)19/h3-11H,2,12-14H2,1H3. The maximum Gasteiger partial charge on any atom is 0.260 e. The van der Waals surface area contributed by atoms with Gasteiger partial charge in [0.05, 0.1) is 5.02 Å². The zero-order chi connectivity index (χ0) is 15.8. The van der Waals surface area contributed by atoms with E-state index in [0.717, 1.165) is 12.0 Å². The van der Waals surface area contributed by atoms with Crippen LogP contribution in [-0.4, -0.2) is 24.0 Å². The van der Waals surface area contributed by atoms with Gasteiger partial charge in [0.25, 0.3) is 5.91 Å². The van der Waals surface area contributed by atoms with Gasteiger partial charge in [-0.1, -0.05) is 61.0 Å². The van der Waals surface area contributed by atoms with Gasteiger partial charge in [0.2, 0.25) is 0 Å². The van der Waals surface area contributed by atoms with E-state index in [0.29, 0.717) is 23.9 Å². The van der Waals surface area contributed by atoms with E-state index in [9.17, 15) is 4.79 Å². The molecule has 0 unspecified atom stereocenters. The van der Waals surface area contributed by atoms with Gasteiger partial charge in [0.1, 0.15) is 5.75 Å². The Balaban J connectivity index is 1.96. The van der Waals surface area contributed by atoms with Gasteiger partial charge in [-0.25, -0.2) is 0 Å². The van der Waals surface area contributed by atoms with Gasteiger partial charge >= 0.3 is 0 Å². The van der Waals surface area contributed by atoms with E-state index in [2.05, 4.69) is 6.92 Å². The summed E-state index contributed by atoms with van der Waals surface area (Å²) in [6, 6.07) is 17.1. The number of benzene rings is 2. The van der Waals surface area contributed by atoms with Crippen molar-refractivity contribution in [2.75, 3.05) is 13.2 Å². The number of carbonyl (C=O) groups is 1. The Morgan fingerprint density at radius 3 is 2.45 bits per heavy atom. The molecule has 2 aromatic carbocycles. The van der Waals surface area contributed by atoms with Crippen LogP contribution in [0.3, 0.4) is 0 Å². The molecule has 0 aliphatic carbocycles. The molecule has 0 heterocycles. The monoisotopic (exact) mass is 317 g/mol. The van der Waals surface area contributed by atoms with Crippen molar-refractivity contribution in [2.24, 2.45) is 0 Å². The van der Waals surface area contributed by atoms with E-state index in [1.54, 1.807) is 12.1 Å². The summed E-state index contributed by atoms with van der Waals surface area (Å²) < 4.78 is 5.54. The SMILES string of the molecule is CCCN(Cc1ccccc1)C(=O)COc1ccccc1Cl. The molecule has 0 aliphatic heterocycles. The van der Waals surface area contributed by atoms with Crippen molar-refractivity contribution >= 4 is 17.5 Å². The number of halogens is 1. The van der Waals surface area contributed by atoms with Crippen LogP contribution in [-0.2, 0) is 11.3 Å². The molecule has 2 aromatic rings. The minimum Gasteiger partial charge on any atom is -0.482 e. The van der Waals surface area contributed by atoms with Crippen molar-refractivity contribution in [3.8, 4) is 5.75 Å². The molecule has 4 heteroatoms. The van der Waals surface area contributed by atoms with Gasteiger partial charge in [-0.2, -0.15) is 0 Å². The summed E-state index contributed by atoms with van der Waals surface area (Å²) >= 11 is 6.03. The first-order chi connectivity index (χ1) is 10.7. The average molecular weight is 318 g/mol. The summed E-state index contributed by atoms with van der Waals surface area (Å²) in [6.45, 7) is 3.36. The van der Waals surface area contributed by atoms with Gasteiger partial charge in [-0.3, -0.25) is 4.79 Å². The first-order valence-electron chi connectivity index (χ1n) is 7.39. The predicted octanol–water partition coefficient (Wildman–Crippen LogP) is 4.16. The van der Waals surface area contributed by atoms with Crippen LogP contribution in [0.15, 0.2) is 54.6 Å². The van der Waals surface area contributed by atoms with E-state index >= 15 is 0 Å². The minimum atomic E-state index is -0.0365. The molecule has 0 fully saturated rings. The number of para-hydroxylation sites is 1. The highest BCUT2D eigenvalue weighted by Crippen LogP contribution is 2.23. The second-order valence-corrected chi connectivity index (χ2v) is 5.43. The lowest BCUT2D eigenvalue weighted by molar-refractivity contribution is -0.134. The summed E-state index contributed by atoms with van der Waals surface area (Å²) in [4.78, 5) is 14.2. The van der Waals surface area contributed by atoms with Gasteiger partial charge in [-0.05, 0) is 24.1 Å². The lowest BCUT2D eigenvalue weighted by Gasteiger charge is -2.22. The molecule has 3 nitrogen and oxygen atoms in total. The fourth-order valence-corrected chi connectivity index (χ4v) is 2.35. The molecule has 0 aliphatic rings. The Bertz CT molecular complexity index is 601. The number of ether oxygens (including phenoxy) is 1. The van der Waals surface area contributed by atoms with E-state index in [4.69, 9.17) is 16.3 Å². The zero-order valence-electron chi connectivity index (χ0n) is 12.7. The highest BCUT2D eigenvalue weighted by molar-refractivity contribution is 6.32. The van der Waals surface area contributed by atoms with Crippen molar-refractivity contribution in [1.29, 1.82) is 0 Å². The largest absolute Gasteiger partial charge is 0.482 e. The van der Waals surface area contributed by atoms with Crippen LogP contribution in [0.4, 0.5) is 0 Å². The number of hydrogen-bond donors (Lipinski definition) is 0. The van der Waals surface area contributed by atoms with Gasteiger partial charge in [0, 0.05) is 13.1 Å². The molecular weight excluding hydrogens is 298 g/mol. The van der Waals surface area contributed by atoms with Crippen molar-refractivity contribution in [3.63, 3.8) is 0 Å². The molecule has 2 rings (SSSR count). The molecule has 0 bridgehead atoms. The summed E-state index contributed by atoms with van der Waals surface area (Å²) in [5.74, 6) is 0.499. The van der Waals surface area contributed by atoms with Crippen molar-refractivity contribution in [1.82, 2.24) is 4.90 Å². The topological polar surface area (TPSA) is 29.5 Å². The van der Waals surface area contributed by atoms with Crippen molar-refractivity contribution < 1.29 is 9.53 Å². The summed E-state index contributed by atoms with van der Waals surface area (Å²) in [6.07, 6.45) is 0.907. The molecule has 0 radical (unpaired) electrons. The Hall–Kier alpha value is -2.00. The molecule has 22 heavy (non-hydrogen) atoms. The summed E-state index contributed by atoms with van der Waals surface area (Å²) in [5.41, 5.74) is 1.11. The maximum atomic E-state index is 12.4. The Morgan fingerprint density at radius 1 is 1.09 bits per heavy atom. The van der Waals surface area contributed by atoms with Crippen molar-refractivity contribution in [2.45, 2.75) is 19.9 Å². The van der Waals surface area contributed by atoms with E-state index in [-0.39, 0.29) is 12.5 Å². The van der Waals surface area contributed by atoms with Crippen LogP contribution in [0.1, 0.15) is 18.9 Å². The lowest BCUT2D eigenvalue weighted by atomic mass is 10.2. The van der Waals surface area contributed by atoms with Gasteiger partial charge < -0.3 is 9.64 Å². The highest BCUT2D eigenvalue weighted by atomic mass is 35.5. The zero-order valence-corrected chi connectivity index (χ0v) is 13.4. The molecule has 0 N–H and O–H groups in total. The van der Waals surface area contributed by atoms with E-state index in [1.165, 1.54) is 0 Å². The summed E-state index contributed by atoms with van der Waals surface area (Å²) in [5, 5.41) is 0.514. The number of nitrogens with zero attached hydrogens (tertiary/aromatic N) is 1. The average Bonchev–Trinajstić information content (AvgIpc) is 2.54. The molecule has 116 valence electrons. The highest BCUT2D eigenvalue weighted by Gasteiger charge is 2.14. The molecule has 0 atom stereocenters. The fourth-order valence-electron chi connectivity index (χ4n) is 2.16. The molecule has 0 aromatic heterocycles. The van der Waals surface area contributed by atoms with Crippen LogP contribution in [0.2, 0.25) is 5.02 Å². The van der Waals surface area contributed by atoms with Crippen LogP contribution in [0.5, 0.6) is 5.75 Å². The second kappa shape index (κ2) is 8.44. The normalized spacial score (nSPS) is 10.3. The van der Waals surface area contributed by atoms with Gasteiger partial charge in [-0.15, -0.1) is 0 Å². The Labute approximate surface area is 136 Å². The number of carbonyl (C=O) groups excluding carboxylic acids is 1. The minimum absolute atomic E-state index is 0.00341. The number of amides is 1. The maximum absolute atomic E-state index is 12.4. The van der Waals surface area contributed by atoms with E-state index < -0.39 is 0 Å². The molecule has 0 saturated carbocycles. The third kappa shape index (κ3) is 4.78. The lowest BCUT2D eigenvalue weighted by Crippen LogP contribution is -2.35. The number of hydrogen-bond acceptors (Lipinski definition) is 2. The van der Waals surface area contributed by atoms with Crippen LogP contribution in [0.25, 0.3) is 0 Å². The Morgan fingerprint density at radius 2 is 1.77 bits per heavy atom. The Kier molecular flexibility index (Phi) is 6.28. The summed E-state index contributed by atoms with van der Waals surface area (Å²) in [7, 11) is 0. The predicted molar refractivity (Wildman–Crippen MR) is 89.1 cm³/mol. The fraction of sp³-hybridized carbons (Fsp3) is 0.278. The molecule has 0 spiro atoms. The first kappa shape index (κ1) is 16.4. The number of rotatable bonds is 7. The molecule has 0 saturated heterocycles. The van der Waals surface area contributed by atoms with Crippen molar-refractivity contribution in [3.05, 3.63) is 65.2 Å². The van der Waals surface area contributed by atoms with E-state index in [1.807, 2.05) is 47.4 Å². The second-order valence-electron chi connectivity index (χ2n) is 5.02. The van der Waals surface area contributed by atoms with Crippen LogP contribution in [0, 0.1) is 0 Å². The first-order valence-corrected chi connectivity index (χ1v) is 7.77. The molecular formula is C18H20ClNO2.